The van der Waals surface area contributed by atoms with E-state index in [1.165, 1.54) is 0 Å². The molecule has 0 aromatic heterocycles. The topological polar surface area (TPSA) is 9.23 Å². The number of halogens is 3. The van der Waals surface area contributed by atoms with Gasteiger partial charge in [0.15, 0.2) is 0 Å². The Kier molecular flexibility index (Phi) is 4.23. The van der Waals surface area contributed by atoms with Gasteiger partial charge in [-0.25, -0.2) is 0 Å². The molecule has 1 aliphatic rings. The number of rotatable bonds is 3. The normalized spacial score (nSPS) is 29.1. The van der Waals surface area contributed by atoms with Crippen molar-refractivity contribution >= 4 is 0 Å². The summed E-state index contributed by atoms with van der Waals surface area (Å²) >= 11 is 0. The summed E-state index contributed by atoms with van der Waals surface area (Å²) in [7, 11) is 0. The second-order valence-electron chi connectivity index (χ2n) is 3.92. The minimum absolute atomic E-state index is 0.279. The van der Waals surface area contributed by atoms with Crippen LogP contribution in [-0.2, 0) is 4.74 Å². The zero-order valence-corrected chi connectivity index (χ0v) is 8.44. The molecule has 0 unspecified atom stereocenters. The molecular formula is C10H17F3O. The first-order valence-corrected chi connectivity index (χ1v) is 5.18. The first-order chi connectivity index (χ1) is 6.54. The Labute approximate surface area is 82.6 Å². The fourth-order valence-electron chi connectivity index (χ4n) is 1.94. The lowest BCUT2D eigenvalue weighted by Gasteiger charge is -2.29. The van der Waals surface area contributed by atoms with E-state index in [1.807, 2.05) is 6.92 Å². The molecular weight excluding hydrogens is 193 g/mol. The maximum absolute atomic E-state index is 12.3. The van der Waals surface area contributed by atoms with Gasteiger partial charge in [0.25, 0.3) is 0 Å². The van der Waals surface area contributed by atoms with E-state index in [-0.39, 0.29) is 12.8 Å². The zero-order valence-electron chi connectivity index (χ0n) is 8.44. The van der Waals surface area contributed by atoms with Crippen LogP contribution in [0.2, 0.25) is 0 Å². The summed E-state index contributed by atoms with van der Waals surface area (Å²) < 4.78 is 42.1. The number of alkyl halides is 3. The van der Waals surface area contributed by atoms with E-state index in [2.05, 4.69) is 0 Å². The van der Waals surface area contributed by atoms with Gasteiger partial charge in [0.1, 0.15) is 0 Å². The molecule has 0 aliphatic heterocycles. The number of hydrogen-bond donors (Lipinski definition) is 0. The predicted octanol–water partition coefficient (Wildman–Crippen LogP) is 3.39. The van der Waals surface area contributed by atoms with E-state index in [1.54, 1.807) is 0 Å². The molecule has 0 atom stereocenters. The van der Waals surface area contributed by atoms with E-state index in [9.17, 15) is 13.2 Å². The summed E-state index contributed by atoms with van der Waals surface area (Å²) in [4.78, 5) is 0. The van der Waals surface area contributed by atoms with Crippen molar-refractivity contribution < 1.29 is 17.9 Å². The summed E-state index contributed by atoms with van der Waals surface area (Å²) in [6, 6.07) is 0. The van der Waals surface area contributed by atoms with Crippen molar-refractivity contribution in [1.29, 1.82) is 0 Å². The van der Waals surface area contributed by atoms with E-state index < -0.39 is 12.1 Å². The monoisotopic (exact) mass is 210 g/mol. The van der Waals surface area contributed by atoms with E-state index >= 15 is 0 Å². The quantitative estimate of drug-likeness (QED) is 0.693. The van der Waals surface area contributed by atoms with Crippen LogP contribution < -0.4 is 0 Å². The molecule has 0 bridgehead atoms. The van der Waals surface area contributed by atoms with Crippen LogP contribution >= 0.6 is 0 Å². The lowest BCUT2D eigenvalue weighted by Crippen LogP contribution is -2.29. The average Bonchev–Trinajstić information content (AvgIpc) is 2.14. The van der Waals surface area contributed by atoms with Crippen molar-refractivity contribution in [2.75, 3.05) is 13.2 Å². The third kappa shape index (κ3) is 3.48. The molecule has 14 heavy (non-hydrogen) atoms. The zero-order chi connectivity index (χ0) is 10.6. The summed E-state index contributed by atoms with van der Waals surface area (Å²) in [6.45, 7) is 3.18. The van der Waals surface area contributed by atoms with Gasteiger partial charge in [-0.15, -0.1) is 0 Å². The van der Waals surface area contributed by atoms with Gasteiger partial charge in [0.05, 0.1) is 5.92 Å². The third-order valence-corrected chi connectivity index (χ3v) is 2.87. The molecule has 0 radical (unpaired) electrons. The van der Waals surface area contributed by atoms with Gasteiger partial charge in [-0.3, -0.25) is 0 Å². The largest absolute Gasteiger partial charge is 0.391 e. The van der Waals surface area contributed by atoms with Crippen molar-refractivity contribution in [3.8, 4) is 0 Å². The van der Waals surface area contributed by atoms with Crippen molar-refractivity contribution in [2.45, 2.75) is 38.8 Å². The lowest BCUT2D eigenvalue weighted by molar-refractivity contribution is -0.184. The van der Waals surface area contributed by atoms with Crippen LogP contribution in [0, 0.1) is 11.8 Å². The Balaban J connectivity index is 2.24. The molecule has 0 saturated heterocycles. The van der Waals surface area contributed by atoms with Crippen LogP contribution in [0.1, 0.15) is 32.6 Å². The molecule has 84 valence electrons. The van der Waals surface area contributed by atoms with Gasteiger partial charge in [0, 0.05) is 13.2 Å². The van der Waals surface area contributed by atoms with Crippen LogP contribution in [0.4, 0.5) is 13.2 Å². The second kappa shape index (κ2) is 5.01. The Morgan fingerprint density at radius 2 is 1.71 bits per heavy atom. The average molecular weight is 210 g/mol. The molecule has 0 N–H and O–H groups in total. The highest BCUT2D eigenvalue weighted by molar-refractivity contribution is 4.76. The Hall–Kier alpha value is -0.250. The van der Waals surface area contributed by atoms with Crippen molar-refractivity contribution in [3.63, 3.8) is 0 Å². The van der Waals surface area contributed by atoms with Crippen molar-refractivity contribution in [3.05, 3.63) is 0 Å². The number of ether oxygens (including phenoxy) is 1. The predicted molar refractivity (Wildman–Crippen MR) is 48.0 cm³/mol. The first-order valence-electron chi connectivity index (χ1n) is 5.18. The third-order valence-electron chi connectivity index (χ3n) is 2.87. The summed E-state index contributed by atoms with van der Waals surface area (Å²) in [5, 5.41) is 0. The van der Waals surface area contributed by atoms with Crippen LogP contribution in [-0.4, -0.2) is 19.4 Å². The van der Waals surface area contributed by atoms with Crippen LogP contribution in [0.5, 0.6) is 0 Å². The molecule has 1 aliphatic carbocycles. The van der Waals surface area contributed by atoms with E-state index in [4.69, 9.17) is 4.74 Å². The Bertz CT molecular complexity index is 159. The van der Waals surface area contributed by atoms with E-state index in [0.717, 1.165) is 0 Å². The molecule has 4 heteroatoms. The highest BCUT2D eigenvalue weighted by Crippen LogP contribution is 2.39. The van der Waals surface area contributed by atoms with Crippen LogP contribution in [0.15, 0.2) is 0 Å². The SMILES string of the molecule is CCOCC1CCC(C(F)(F)F)CC1. The Morgan fingerprint density at radius 3 is 2.14 bits per heavy atom. The van der Waals surface area contributed by atoms with Gasteiger partial charge in [-0.2, -0.15) is 13.2 Å². The van der Waals surface area contributed by atoms with Gasteiger partial charge in [0.2, 0.25) is 0 Å². The Morgan fingerprint density at radius 1 is 1.14 bits per heavy atom. The molecule has 0 amide bonds. The minimum atomic E-state index is -3.99. The fraction of sp³-hybridized carbons (Fsp3) is 1.00. The van der Waals surface area contributed by atoms with Gasteiger partial charge in [-0.05, 0) is 38.5 Å². The minimum Gasteiger partial charge on any atom is -0.381 e. The summed E-state index contributed by atoms with van der Waals surface area (Å²) in [5.41, 5.74) is 0. The number of hydrogen-bond acceptors (Lipinski definition) is 1. The molecule has 0 aromatic carbocycles. The van der Waals surface area contributed by atoms with Crippen LogP contribution in [0.3, 0.4) is 0 Å². The van der Waals surface area contributed by atoms with Crippen LogP contribution in [0.25, 0.3) is 0 Å². The molecule has 1 saturated carbocycles. The molecule has 0 spiro atoms. The highest BCUT2D eigenvalue weighted by Gasteiger charge is 2.41. The van der Waals surface area contributed by atoms with Gasteiger partial charge in [-0.1, -0.05) is 0 Å². The molecule has 0 heterocycles. The van der Waals surface area contributed by atoms with E-state index in [0.29, 0.717) is 32.0 Å². The highest BCUT2D eigenvalue weighted by atomic mass is 19.4. The second-order valence-corrected chi connectivity index (χ2v) is 3.92. The molecule has 1 fully saturated rings. The standard InChI is InChI=1S/C10H17F3O/c1-2-14-7-8-3-5-9(6-4-8)10(11,12)13/h8-9H,2-7H2,1H3. The maximum atomic E-state index is 12.3. The first kappa shape index (κ1) is 11.8. The maximum Gasteiger partial charge on any atom is 0.391 e. The van der Waals surface area contributed by atoms with Crippen molar-refractivity contribution in [2.24, 2.45) is 11.8 Å². The summed E-state index contributed by atoms with van der Waals surface area (Å²) in [5.74, 6) is -0.728. The van der Waals surface area contributed by atoms with Gasteiger partial charge >= 0.3 is 6.18 Å². The fourth-order valence-corrected chi connectivity index (χ4v) is 1.94. The smallest absolute Gasteiger partial charge is 0.381 e. The summed E-state index contributed by atoms with van der Waals surface area (Å²) in [6.07, 6.45) is -2.12. The van der Waals surface area contributed by atoms with Gasteiger partial charge < -0.3 is 4.74 Å². The molecule has 1 rings (SSSR count). The lowest BCUT2D eigenvalue weighted by atomic mass is 9.82. The van der Waals surface area contributed by atoms with Crippen molar-refractivity contribution in [1.82, 2.24) is 0 Å². The molecule has 1 nitrogen and oxygen atoms in total. The molecule has 0 aromatic rings.